The normalized spacial score (nSPS) is 16.4. The first kappa shape index (κ1) is 25.2. The zero-order chi connectivity index (χ0) is 26.2. The van der Waals surface area contributed by atoms with E-state index in [9.17, 15) is 18.0 Å². The number of hydrogen-bond donors (Lipinski definition) is 1. The molecule has 1 N–H and O–H groups in total. The molecule has 0 saturated heterocycles. The highest BCUT2D eigenvalue weighted by molar-refractivity contribution is 5.92. The summed E-state index contributed by atoms with van der Waals surface area (Å²) in [6.45, 7) is 7.57. The van der Waals surface area contributed by atoms with Crippen LogP contribution in [0.15, 0.2) is 29.6 Å². The molecule has 10 nitrogen and oxygen atoms in total. The second-order valence-corrected chi connectivity index (χ2v) is 8.68. The van der Waals surface area contributed by atoms with Gasteiger partial charge in [-0.3, -0.25) is 9.48 Å². The van der Waals surface area contributed by atoms with Crippen LogP contribution in [0.2, 0.25) is 0 Å². The van der Waals surface area contributed by atoms with Crippen LogP contribution in [0.3, 0.4) is 0 Å². The van der Waals surface area contributed by atoms with E-state index >= 15 is 0 Å². The van der Waals surface area contributed by atoms with Crippen molar-refractivity contribution in [3.05, 3.63) is 35.9 Å². The van der Waals surface area contributed by atoms with Crippen LogP contribution in [-0.2, 0) is 22.3 Å². The van der Waals surface area contributed by atoms with E-state index in [-0.39, 0.29) is 54.0 Å². The van der Waals surface area contributed by atoms with E-state index in [0.29, 0.717) is 23.3 Å². The van der Waals surface area contributed by atoms with Gasteiger partial charge in [0.1, 0.15) is 5.52 Å². The number of hydrazone groups is 1. The van der Waals surface area contributed by atoms with Gasteiger partial charge >= 0.3 is 6.18 Å². The molecule has 192 valence electrons. The van der Waals surface area contributed by atoms with Crippen LogP contribution in [0.5, 0.6) is 0 Å². The fourth-order valence-corrected chi connectivity index (χ4v) is 4.22. The molecule has 3 aromatic heterocycles. The van der Waals surface area contributed by atoms with Gasteiger partial charge in [-0.05, 0) is 20.3 Å². The molecule has 3 aromatic rings. The molecule has 1 aliphatic heterocycles. The average Bonchev–Trinajstić information content (AvgIpc) is 3.44. The smallest absolute Gasteiger partial charge is 0.435 e. The minimum absolute atomic E-state index is 0.116. The Labute approximate surface area is 205 Å². The number of hydrogen-bond acceptors (Lipinski definition) is 7. The summed E-state index contributed by atoms with van der Waals surface area (Å²) in [5.74, 6) is 0.120. The Balaban J connectivity index is 2.02. The second kappa shape index (κ2) is 9.63. The van der Waals surface area contributed by atoms with Gasteiger partial charge in [-0.1, -0.05) is 0 Å². The van der Waals surface area contributed by atoms with Crippen molar-refractivity contribution < 1.29 is 22.7 Å². The lowest BCUT2D eigenvalue weighted by molar-refractivity contribution is -0.141. The number of alkyl halides is 3. The van der Waals surface area contributed by atoms with Gasteiger partial charge in [0.15, 0.2) is 11.3 Å². The Hall–Kier alpha value is -3.90. The Morgan fingerprint density at radius 2 is 2.08 bits per heavy atom. The molecule has 0 fully saturated rings. The zero-order valence-electron chi connectivity index (χ0n) is 20.4. The molecule has 1 amide bonds. The molecule has 0 spiro atoms. The van der Waals surface area contributed by atoms with Crippen molar-refractivity contribution >= 4 is 29.4 Å². The van der Waals surface area contributed by atoms with Crippen molar-refractivity contribution in [2.45, 2.75) is 45.5 Å². The molecule has 13 heteroatoms. The third-order valence-corrected chi connectivity index (χ3v) is 6.02. The van der Waals surface area contributed by atoms with Crippen molar-refractivity contribution in [1.29, 1.82) is 0 Å². The largest absolute Gasteiger partial charge is 0.481 e. The van der Waals surface area contributed by atoms with E-state index in [1.165, 1.54) is 35.4 Å². The number of amides is 1. The van der Waals surface area contributed by atoms with Crippen molar-refractivity contribution in [3.8, 4) is 11.1 Å². The van der Waals surface area contributed by atoms with Gasteiger partial charge in [0, 0.05) is 56.3 Å². The van der Waals surface area contributed by atoms with Gasteiger partial charge in [-0.2, -0.15) is 23.4 Å². The summed E-state index contributed by atoms with van der Waals surface area (Å²) in [7, 11) is 3.08. The summed E-state index contributed by atoms with van der Waals surface area (Å²) >= 11 is 0. The van der Waals surface area contributed by atoms with E-state index in [2.05, 4.69) is 31.9 Å². The first-order valence-corrected chi connectivity index (χ1v) is 11.3. The van der Waals surface area contributed by atoms with Gasteiger partial charge in [-0.25, -0.2) is 15.0 Å². The minimum Gasteiger partial charge on any atom is -0.481 e. The number of aromatic nitrogens is 5. The number of ether oxygens (including phenoxy) is 1. The number of aryl methyl sites for hydroxylation is 1. The highest BCUT2D eigenvalue weighted by Gasteiger charge is 2.38. The number of H-pyrrole nitrogens is 1. The Morgan fingerprint density at radius 1 is 1.33 bits per heavy atom. The summed E-state index contributed by atoms with van der Waals surface area (Å²) in [6, 6.07) is -0.173. The van der Waals surface area contributed by atoms with Crippen molar-refractivity contribution in [3.63, 3.8) is 0 Å². The number of carbonyl (C=O) groups is 1. The van der Waals surface area contributed by atoms with Gasteiger partial charge in [0.25, 0.3) is 0 Å². The van der Waals surface area contributed by atoms with Crippen molar-refractivity contribution in [1.82, 2.24) is 34.6 Å². The number of methoxy groups -OCH3 is 1. The topological polar surface area (TPSA) is 105 Å². The Bertz CT molecular complexity index is 1320. The zero-order valence-corrected chi connectivity index (χ0v) is 20.4. The van der Waals surface area contributed by atoms with E-state index in [4.69, 9.17) is 4.74 Å². The van der Waals surface area contributed by atoms with Gasteiger partial charge in [-0.15, -0.1) is 0 Å². The summed E-state index contributed by atoms with van der Waals surface area (Å²) in [5.41, 5.74) is 0.442. The summed E-state index contributed by atoms with van der Waals surface area (Å²) in [6.07, 6.45) is 0.0250. The molecule has 4 heterocycles. The highest BCUT2D eigenvalue weighted by atomic mass is 19.4. The number of fused-ring (bicyclic) bond motifs is 4. The lowest BCUT2D eigenvalue weighted by Crippen LogP contribution is -2.39. The van der Waals surface area contributed by atoms with Crippen LogP contribution in [0.4, 0.5) is 13.2 Å². The number of rotatable bonds is 4. The molecule has 4 rings (SSSR count). The summed E-state index contributed by atoms with van der Waals surface area (Å²) in [4.78, 5) is 26.8. The van der Waals surface area contributed by atoms with Crippen LogP contribution in [0, 0.1) is 0 Å². The van der Waals surface area contributed by atoms with E-state index in [0.717, 1.165) is 0 Å². The fourth-order valence-electron chi connectivity index (χ4n) is 4.22. The van der Waals surface area contributed by atoms with E-state index in [1.807, 2.05) is 13.8 Å². The monoisotopic (exact) mass is 504 g/mol. The number of aromatic amines is 1. The fraction of sp³-hybridized carbons (Fsp3) is 0.435. The molecule has 0 radical (unpaired) electrons. The highest BCUT2D eigenvalue weighted by Crippen LogP contribution is 2.38. The molecule has 1 aliphatic rings. The molecule has 4 bridgehead atoms. The van der Waals surface area contributed by atoms with Crippen LogP contribution in [0.1, 0.15) is 38.1 Å². The van der Waals surface area contributed by atoms with Crippen LogP contribution >= 0.6 is 0 Å². The standard InChI is InChI=1S/C23H27F3N8O2/c1-13(2)34-12-16(22(36-5)32(4)27-3)17-10-29-21-19(30-17)14(9-28-21)15-11-33(8-6-7-18(34)35)31-20(15)23(24,25)26/h9-11,13H,3,6-8,12H2,1-2,4-5H3,(H,28,29)/b22-16-. The maximum absolute atomic E-state index is 13.9. The Morgan fingerprint density at radius 3 is 2.72 bits per heavy atom. The molecule has 0 aromatic carbocycles. The van der Waals surface area contributed by atoms with E-state index < -0.39 is 11.9 Å². The molecule has 0 unspecified atom stereocenters. The molecular formula is C23H27F3N8O2. The van der Waals surface area contributed by atoms with Crippen LogP contribution < -0.4 is 0 Å². The van der Waals surface area contributed by atoms with E-state index in [1.54, 1.807) is 11.9 Å². The lowest BCUT2D eigenvalue weighted by Gasteiger charge is -2.29. The lowest BCUT2D eigenvalue weighted by atomic mass is 10.1. The SMILES string of the molecule is C=NN(C)/C(OC)=C1\CN(C(C)C)C(=O)CCCn2cc(c(C(F)(F)F)n2)-c2c[nH]c3ncc1nc23. The maximum atomic E-state index is 13.9. The number of carbonyl (C=O) groups excluding carboxylic acids is 1. The van der Waals surface area contributed by atoms with Gasteiger partial charge in [0.05, 0.1) is 31.1 Å². The third-order valence-electron chi connectivity index (χ3n) is 6.02. The van der Waals surface area contributed by atoms with Gasteiger partial charge in [0.2, 0.25) is 11.8 Å². The molecule has 0 atom stereocenters. The third kappa shape index (κ3) is 4.64. The maximum Gasteiger partial charge on any atom is 0.435 e. The Kier molecular flexibility index (Phi) is 6.74. The predicted molar refractivity (Wildman–Crippen MR) is 127 cm³/mol. The van der Waals surface area contributed by atoms with Crippen LogP contribution in [-0.4, -0.2) is 74.0 Å². The molecular weight excluding hydrogens is 477 g/mol. The van der Waals surface area contributed by atoms with Crippen LogP contribution in [0.25, 0.3) is 27.9 Å². The van der Waals surface area contributed by atoms with Crippen molar-refractivity contribution in [2.75, 3.05) is 20.7 Å². The predicted octanol–water partition coefficient (Wildman–Crippen LogP) is 3.73. The van der Waals surface area contributed by atoms with Gasteiger partial charge < -0.3 is 14.6 Å². The minimum atomic E-state index is -4.68. The molecule has 36 heavy (non-hydrogen) atoms. The number of nitrogens with zero attached hydrogens (tertiary/aromatic N) is 7. The quantitative estimate of drug-likeness (QED) is 0.330. The first-order valence-electron chi connectivity index (χ1n) is 11.3. The molecule has 0 aliphatic carbocycles. The second-order valence-electron chi connectivity index (χ2n) is 8.68. The summed E-state index contributed by atoms with van der Waals surface area (Å²) < 4.78 is 48.6. The average molecular weight is 505 g/mol. The number of halogens is 3. The first-order chi connectivity index (χ1) is 17.0. The van der Waals surface area contributed by atoms with Crippen molar-refractivity contribution in [2.24, 2.45) is 5.10 Å². The molecule has 0 saturated carbocycles. The summed E-state index contributed by atoms with van der Waals surface area (Å²) in [5, 5.41) is 9.10. The number of nitrogens with one attached hydrogen (secondary N) is 1.